The predicted molar refractivity (Wildman–Crippen MR) is 119 cm³/mol. The zero-order valence-electron chi connectivity index (χ0n) is 18.6. The summed E-state index contributed by atoms with van der Waals surface area (Å²) in [5, 5.41) is 12.1. The highest BCUT2D eigenvalue weighted by Crippen LogP contribution is 2.37. The zero-order chi connectivity index (χ0) is 27.1. The average molecular weight is 523 g/mol. The molecule has 2 aromatic carbocycles. The number of halogens is 6. The maximum Gasteiger partial charge on any atom is 0.417 e. The molecule has 4 rings (SSSR count). The molecule has 0 unspecified atom stereocenters. The zero-order valence-corrected chi connectivity index (χ0v) is 18.6. The molecule has 192 valence electrons. The van der Waals surface area contributed by atoms with Crippen molar-refractivity contribution >= 4 is 28.5 Å². The highest BCUT2D eigenvalue weighted by atomic mass is 19.4. The lowest BCUT2D eigenvalue weighted by molar-refractivity contribution is -0.143. The second-order valence-electron chi connectivity index (χ2n) is 7.81. The lowest BCUT2D eigenvalue weighted by atomic mass is 10.0. The van der Waals surface area contributed by atoms with E-state index in [0.717, 1.165) is 6.20 Å². The molecule has 2 heterocycles. The van der Waals surface area contributed by atoms with Crippen LogP contribution in [0.1, 0.15) is 32.0 Å². The number of carbonyl (C=O) groups excluding carboxylic acids is 1. The number of hydrogen-bond acceptors (Lipinski definition) is 4. The van der Waals surface area contributed by atoms with Crippen molar-refractivity contribution in [2.45, 2.75) is 12.4 Å². The molecule has 7 nitrogen and oxygen atoms in total. The number of nitrogens with one attached hydrogen (secondary N) is 1. The number of aryl methyl sites for hydroxylation is 1. The first-order valence-corrected chi connectivity index (χ1v) is 10.3. The SMILES string of the molecule is Cn1c(C(=O)O)cc2ccc(Oc3ccc(NC(=O)c4ccc(C(F)(F)F)cc4C(F)(F)F)cn3)cc21. The van der Waals surface area contributed by atoms with E-state index in [4.69, 9.17) is 4.74 Å². The van der Waals surface area contributed by atoms with Gasteiger partial charge in [-0.25, -0.2) is 9.78 Å². The van der Waals surface area contributed by atoms with Gasteiger partial charge in [-0.05, 0) is 42.5 Å². The minimum atomic E-state index is -5.20. The molecule has 0 saturated heterocycles. The molecular formula is C24H15F6N3O4. The van der Waals surface area contributed by atoms with Crippen LogP contribution in [0.25, 0.3) is 10.9 Å². The molecule has 0 radical (unpaired) electrons. The molecule has 0 aliphatic carbocycles. The number of amides is 1. The van der Waals surface area contributed by atoms with Crippen molar-refractivity contribution in [1.29, 1.82) is 0 Å². The van der Waals surface area contributed by atoms with Gasteiger partial charge in [0, 0.05) is 24.6 Å². The van der Waals surface area contributed by atoms with Gasteiger partial charge < -0.3 is 19.7 Å². The van der Waals surface area contributed by atoms with Crippen molar-refractivity contribution in [3.63, 3.8) is 0 Å². The molecule has 0 spiro atoms. The van der Waals surface area contributed by atoms with Crippen LogP contribution in [-0.4, -0.2) is 26.5 Å². The monoisotopic (exact) mass is 523 g/mol. The van der Waals surface area contributed by atoms with Gasteiger partial charge in [-0.3, -0.25) is 4.79 Å². The first-order valence-electron chi connectivity index (χ1n) is 10.3. The topological polar surface area (TPSA) is 93.5 Å². The number of carbonyl (C=O) groups is 2. The Morgan fingerprint density at radius 1 is 0.946 bits per heavy atom. The molecule has 2 aromatic heterocycles. The fourth-order valence-electron chi connectivity index (χ4n) is 3.57. The Labute approximate surface area is 203 Å². The Bertz CT molecular complexity index is 1510. The molecule has 0 aliphatic heterocycles. The van der Waals surface area contributed by atoms with Gasteiger partial charge in [0.2, 0.25) is 5.88 Å². The molecule has 0 saturated carbocycles. The van der Waals surface area contributed by atoms with Crippen LogP contribution in [0.2, 0.25) is 0 Å². The summed E-state index contributed by atoms with van der Waals surface area (Å²) < 4.78 is 85.6. The molecular weight excluding hydrogens is 508 g/mol. The number of alkyl halides is 6. The minimum absolute atomic E-state index is 0.0330. The third-order valence-electron chi connectivity index (χ3n) is 5.35. The molecule has 2 N–H and O–H groups in total. The van der Waals surface area contributed by atoms with Crippen molar-refractivity contribution < 1.29 is 45.8 Å². The van der Waals surface area contributed by atoms with Crippen LogP contribution >= 0.6 is 0 Å². The van der Waals surface area contributed by atoms with E-state index in [0.29, 0.717) is 28.8 Å². The van der Waals surface area contributed by atoms with Crippen LogP contribution < -0.4 is 10.1 Å². The number of anilines is 1. The van der Waals surface area contributed by atoms with Gasteiger partial charge in [0.05, 0.1) is 34.1 Å². The number of rotatable bonds is 5. The molecule has 0 aliphatic rings. The number of carboxylic acid groups (broad SMARTS) is 1. The number of fused-ring (bicyclic) bond motifs is 1. The van der Waals surface area contributed by atoms with E-state index >= 15 is 0 Å². The van der Waals surface area contributed by atoms with Crippen molar-refractivity contribution in [2.75, 3.05) is 5.32 Å². The lowest BCUT2D eigenvalue weighted by Gasteiger charge is -2.15. The maximum absolute atomic E-state index is 13.3. The highest BCUT2D eigenvalue weighted by Gasteiger charge is 2.39. The van der Waals surface area contributed by atoms with Crippen LogP contribution in [0, 0.1) is 0 Å². The van der Waals surface area contributed by atoms with E-state index in [1.807, 2.05) is 0 Å². The first kappa shape index (κ1) is 25.5. The van der Waals surface area contributed by atoms with Gasteiger partial charge >= 0.3 is 18.3 Å². The third kappa shape index (κ3) is 5.34. The van der Waals surface area contributed by atoms with E-state index in [9.17, 15) is 41.0 Å². The van der Waals surface area contributed by atoms with Crippen molar-refractivity contribution in [3.8, 4) is 11.6 Å². The summed E-state index contributed by atoms with van der Waals surface area (Å²) in [7, 11) is 1.58. The molecule has 4 aromatic rings. The smallest absolute Gasteiger partial charge is 0.417 e. The minimum Gasteiger partial charge on any atom is -0.477 e. The van der Waals surface area contributed by atoms with Gasteiger partial charge in [-0.2, -0.15) is 26.3 Å². The van der Waals surface area contributed by atoms with Crippen molar-refractivity contribution in [2.24, 2.45) is 7.05 Å². The first-order chi connectivity index (χ1) is 17.2. The van der Waals surface area contributed by atoms with Gasteiger partial charge in [0.15, 0.2) is 0 Å². The Morgan fingerprint density at radius 2 is 1.68 bits per heavy atom. The predicted octanol–water partition coefficient (Wildman–Crippen LogP) is 6.35. The number of ether oxygens (including phenoxy) is 1. The quantitative estimate of drug-likeness (QED) is 0.297. The number of benzene rings is 2. The van der Waals surface area contributed by atoms with Crippen molar-refractivity contribution in [1.82, 2.24) is 9.55 Å². The normalized spacial score (nSPS) is 12.0. The second kappa shape index (κ2) is 9.15. The Hall–Kier alpha value is -4.55. The fourth-order valence-corrected chi connectivity index (χ4v) is 3.57. The number of aromatic nitrogens is 2. The number of aromatic carboxylic acids is 1. The van der Waals surface area contributed by atoms with Crippen molar-refractivity contribution in [3.05, 3.63) is 83.2 Å². The number of nitrogens with zero attached hydrogens (tertiary/aromatic N) is 2. The molecule has 13 heteroatoms. The molecule has 0 atom stereocenters. The summed E-state index contributed by atoms with van der Waals surface area (Å²) in [6, 6.07) is 9.63. The summed E-state index contributed by atoms with van der Waals surface area (Å²) >= 11 is 0. The Kier molecular flexibility index (Phi) is 6.32. The summed E-state index contributed by atoms with van der Waals surface area (Å²) in [4.78, 5) is 27.7. The Morgan fingerprint density at radius 3 is 2.27 bits per heavy atom. The summed E-state index contributed by atoms with van der Waals surface area (Å²) in [6.07, 6.45) is -9.12. The number of hydrogen-bond donors (Lipinski definition) is 2. The standard InChI is InChI=1S/C24H15F6N3O4/c1-33-18-10-15(5-2-12(18)8-19(33)22(35)36)37-20-7-4-14(11-31-20)32-21(34)16-6-3-13(23(25,26)27)9-17(16)24(28,29)30/h2-11H,1H3,(H,32,34)(H,35,36). The number of carboxylic acids is 1. The molecule has 0 bridgehead atoms. The number of pyridine rings is 1. The van der Waals surface area contributed by atoms with Crippen LogP contribution in [0.4, 0.5) is 32.0 Å². The fraction of sp³-hybridized carbons (Fsp3) is 0.125. The molecule has 1 amide bonds. The van der Waals surface area contributed by atoms with Crippen LogP contribution in [0.15, 0.2) is 60.8 Å². The van der Waals surface area contributed by atoms with E-state index in [2.05, 4.69) is 10.3 Å². The third-order valence-corrected chi connectivity index (χ3v) is 5.35. The maximum atomic E-state index is 13.3. The van der Waals surface area contributed by atoms with Crippen LogP contribution in [0.3, 0.4) is 0 Å². The largest absolute Gasteiger partial charge is 0.477 e. The van der Waals surface area contributed by atoms with Crippen LogP contribution in [-0.2, 0) is 19.4 Å². The average Bonchev–Trinajstić information content (AvgIpc) is 3.15. The van der Waals surface area contributed by atoms with Gasteiger partial charge in [0.25, 0.3) is 5.91 Å². The van der Waals surface area contributed by atoms with Gasteiger partial charge in [0.1, 0.15) is 11.4 Å². The van der Waals surface area contributed by atoms with Gasteiger partial charge in [-0.15, -0.1) is 0 Å². The van der Waals surface area contributed by atoms with E-state index < -0.39 is 40.9 Å². The van der Waals surface area contributed by atoms with E-state index in [1.54, 1.807) is 25.2 Å². The summed E-state index contributed by atoms with van der Waals surface area (Å²) in [5.74, 6) is -2.01. The van der Waals surface area contributed by atoms with Gasteiger partial charge in [-0.1, -0.05) is 0 Å². The van der Waals surface area contributed by atoms with Crippen LogP contribution in [0.5, 0.6) is 11.6 Å². The summed E-state index contributed by atoms with van der Waals surface area (Å²) in [5.41, 5.74) is -3.63. The van der Waals surface area contributed by atoms with E-state index in [-0.39, 0.29) is 23.3 Å². The summed E-state index contributed by atoms with van der Waals surface area (Å²) in [6.45, 7) is 0. The second-order valence-corrected chi connectivity index (χ2v) is 7.81. The van der Waals surface area contributed by atoms with E-state index in [1.165, 1.54) is 22.8 Å². The molecule has 0 fully saturated rings. The lowest BCUT2D eigenvalue weighted by Crippen LogP contribution is -2.20. The molecule has 37 heavy (non-hydrogen) atoms. The Balaban J connectivity index is 1.52. The highest BCUT2D eigenvalue weighted by molar-refractivity contribution is 6.05.